The fraction of sp³-hybridized carbons (Fsp3) is 0.500. The van der Waals surface area contributed by atoms with Gasteiger partial charge in [-0.15, -0.1) is 22.9 Å². The van der Waals surface area contributed by atoms with Gasteiger partial charge in [0.05, 0.1) is 12.5 Å². The Morgan fingerprint density at radius 3 is 3.08 bits per heavy atom. The third-order valence-electron chi connectivity index (χ3n) is 1.31. The second-order valence-electron chi connectivity index (χ2n) is 2.40. The lowest BCUT2D eigenvalue weighted by molar-refractivity contribution is 0.0499. The molecule has 0 N–H and O–H groups in total. The Morgan fingerprint density at radius 1 is 1.77 bits per heavy atom. The molecule has 0 unspecified atom stereocenters. The molecule has 1 rings (SSSR count). The standard InChI is InChI=1S/C8H10ClNO2S/c1-2-3-12-8(11)6-5-13-7(4-9)10-6/h5H,2-4H2,1H3. The normalized spacial score (nSPS) is 10.0. The minimum absolute atomic E-state index is 0.339. The van der Waals surface area contributed by atoms with E-state index in [2.05, 4.69) is 4.98 Å². The summed E-state index contributed by atoms with van der Waals surface area (Å²) in [5, 5.41) is 2.40. The maximum atomic E-state index is 11.2. The van der Waals surface area contributed by atoms with Gasteiger partial charge in [0.25, 0.3) is 0 Å². The highest BCUT2D eigenvalue weighted by Gasteiger charge is 2.10. The molecule has 1 aromatic rings. The Morgan fingerprint density at radius 2 is 2.54 bits per heavy atom. The number of hydrogen-bond acceptors (Lipinski definition) is 4. The summed E-state index contributed by atoms with van der Waals surface area (Å²) in [6.45, 7) is 2.38. The minimum Gasteiger partial charge on any atom is -0.461 e. The van der Waals surface area contributed by atoms with Crippen LogP contribution in [0.5, 0.6) is 0 Å². The zero-order valence-corrected chi connectivity index (χ0v) is 8.82. The quantitative estimate of drug-likeness (QED) is 0.577. The average molecular weight is 220 g/mol. The molecule has 0 bridgehead atoms. The van der Waals surface area contributed by atoms with Crippen molar-refractivity contribution in [2.75, 3.05) is 6.61 Å². The van der Waals surface area contributed by atoms with Crippen LogP contribution in [0.25, 0.3) is 0 Å². The number of halogens is 1. The van der Waals surface area contributed by atoms with Crippen LogP contribution >= 0.6 is 22.9 Å². The summed E-state index contributed by atoms with van der Waals surface area (Å²) < 4.78 is 4.90. The summed E-state index contributed by atoms with van der Waals surface area (Å²) in [5.74, 6) is -0.0272. The second-order valence-corrected chi connectivity index (χ2v) is 3.61. The molecule has 0 atom stereocenters. The van der Waals surface area contributed by atoms with Crippen molar-refractivity contribution in [3.8, 4) is 0 Å². The van der Waals surface area contributed by atoms with E-state index in [-0.39, 0.29) is 5.97 Å². The molecule has 72 valence electrons. The molecule has 1 aromatic heterocycles. The summed E-state index contributed by atoms with van der Waals surface area (Å²) in [7, 11) is 0. The summed E-state index contributed by atoms with van der Waals surface area (Å²) in [4.78, 5) is 15.2. The van der Waals surface area contributed by atoms with E-state index in [1.165, 1.54) is 11.3 Å². The zero-order chi connectivity index (χ0) is 9.68. The molecule has 0 saturated carbocycles. The summed E-state index contributed by atoms with van der Waals surface area (Å²) in [6, 6.07) is 0. The van der Waals surface area contributed by atoms with Gasteiger partial charge < -0.3 is 4.74 Å². The molecule has 0 spiro atoms. The lowest BCUT2D eigenvalue weighted by atomic mass is 10.5. The van der Waals surface area contributed by atoms with Crippen LogP contribution in [0.4, 0.5) is 0 Å². The van der Waals surface area contributed by atoms with Gasteiger partial charge in [-0.1, -0.05) is 6.92 Å². The van der Waals surface area contributed by atoms with Gasteiger partial charge in [0.2, 0.25) is 0 Å². The van der Waals surface area contributed by atoms with Crippen LogP contribution in [0.1, 0.15) is 28.8 Å². The van der Waals surface area contributed by atoms with Crippen LogP contribution in [0.15, 0.2) is 5.38 Å². The Bertz CT molecular complexity index is 287. The number of hydrogen-bond donors (Lipinski definition) is 0. The van der Waals surface area contributed by atoms with E-state index < -0.39 is 0 Å². The number of alkyl halides is 1. The van der Waals surface area contributed by atoms with E-state index in [9.17, 15) is 4.79 Å². The third kappa shape index (κ3) is 2.97. The van der Waals surface area contributed by atoms with Gasteiger partial charge in [0.1, 0.15) is 5.01 Å². The van der Waals surface area contributed by atoms with Crippen LogP contribution in [-0.2, 0) is 10.6 Å². The first-order chi connectivity index (χ1) is 6.27. The molecular formula is C8H10ClNO2S. The predicted octanol–water partition coefficient (Wildman–Crippen LogP) is 2.45. The highest BCUT2D eigenvalue weighted by atomic mass is 35.5. The lowest BCUT2D eigenvalue weighted by Gasteiger charge is -1.98. The Hall–Kier alpha value is -0.610. The summed E-state index contributed by atoms with van der Waals surface area (Å²) >= 11 is 6.91. The van der Waals surface area contributed by atoms with Crippen LogP contribution < -0.4 is 0 Å². The van der Waals surface area contributed by atoms with Crippen molar-refractivity contribution in [3.05, 3.63) is 16.1 Å². The molecule has 0 radical (unpaired) electrons. The van der Waals surface area contributed by atoms with Crippen LogP contribution in [0, 0.1) is 0 Å². The van der Waals surface area contributed by atoms with Gasteiger partial charge >= 0.3 is 5.97 Å². The highest BCUT2D eigenvalue weighted by Crippen LogP contribution is 2.12. The topological polar surface area (TPSA) is 39.2 Å². The van der Waals surface area contributed by atoms with Crippen molar-refractivity contribution in [2.24, 2.45) is 0 Å². The Labute approximate surface area is 85.7 Å². The van der Waals surface area contributed by atoms with Gasteiger partial charge in [-0.2, -0.15) is 0 Å². The van der Waals surface area contributed by atoms with Crippen molar-refractivity contribution < 1.29 is 9.53 Å². The SMILES string of the molecule is CCCOC(=O)c1csc(CCl)n1. The van der Waals surface area contributed by atoms with E-state index in [0.29, 0.717) is 18.2 Å². The number of ether oxygens (including phenoxy) is 1. The first kappa shape index (κ1) is 10.5. The number of aromatic nitrogens is 1. The van der Waals surface area contributed by atoms with E-state index >= 15 is 0 Å². The van der Waals surface area contributed by atoms with Gasteiger partial charge in [-0.25, -0.2) is 9.78 Å². The first-order valence-electron chi connectivity index (χ1n) is 3.95. The smallest absolute Gasteiger partial charge is 0.357 e. The van der Waals surface area contributed by atoms with E-state index in [1.807, 2.05) is 6.92 Å². The number of esters is 1. The average Bonchev–Trinajstić information content (AvgIpc) is 2.62. The maximum Gasteiger partial charge on any atom is 0.357 e. The van der Waals surface area contributed by atoms with E-state index in [4.69, 9.17) is 16.3 Å². The summed E-state index contributed by atoms with van der Waals surface area (Å²) in [6.07, 6.45) is 0.818. The van der Waals surface area contributed by atoms with Gasteiger partial charge in [-0.3, -0.25) is 0 Å². The molecular weight excluding hydrogens is 210 g/mol. The molecule has 0 saturated heterocycles. The number of rotatable bonds is 4. The highest BCUT2D eigenvalue weighted by molar-refractivity contribution is 7.10. The maximum absolute atomic E-state index is 11.2. The minimum atomic E-state index is -0.366. The molecule has 0 aliphatic rings. The largest absolute Gasteiger partial charge is 0.461 e. The van der Waals surface area contributed by atoms with Gasteiger partial charge in [0.15, 0.2) is 5.69 Å². The van der Waals surface area contributed by atoms with Crippen LogP contribution in [-0.4, -0.2) is 17.6 Å². The number of carbonyl (C=O) groups is 1. The van der Waals surface area contributed by atoms with Crippen molar-refractivity contribution in [1.82, 2.24) is 4.98 Å². The molecule has 13 heavy (non-hydrogen) atoms. The van der Waals surface area contributed by atoms with E-state index in [1.54, 1.807) is 5.38 Å². The van der Waals surface area contributed by atoms with Crippen molar-refractivity contribution in [2.45, 2.75) is 19.2 Å². The summed E-state index contributed by atoms with van der Waals surface area (Å²) in [5.41, 5.74) is 0.356. The van der Waals surface area contributed by atoms with Crippen molar-refractivity contribution in [3.63, 3.8) is 0 Å². The molecule has 0 aliphatic carbocycles. The number of thiazole rings is 1. The Balaban J connectivity index is 2.55. The van der Waals surface area contributed by atoms with Crippen LogP contribution in [0.2, 0.25) is 0 Å². The van der Waals surface area contributed by atoms with Crippen LogP contribution in [0.3, 0.4) is 0 Å². The zero-order valence-electron chi connectivity index (χ0n) is 7.25. The molecule has 0 aromatic carbocycles. The fourth-order valence-electron chi connectivity index (χ4n) is 0.735. The van der Waals surface area contributed by atoms with E-state index in [0.717, 1.165) is 11.4 Å². The number of carbonyl (C=O) groups excluding carboxylic acids is 1. The third-order valence-corrected chi connectivity index (χ3v) is 2.57. The fourth-order valence-corrected chi connectivity index (χ4v) is 1.59. The molecule has 0 amide bonds. The number of nitrogens with zero attached hydrogens (tertiary/aromatic N) is 1. The molecule has 0 aliphatic heterocycles. The van der Waals surface area contributed by atoms with Crippen molar-refractivity contribution in [1.29, 1.82) is 0 Å². The predicted molar refractivity (Wildman–Crippen MR) is 52.2 cm³/mol. The second kappa shape index (κ2) is 5.19. The lowest BCUT2D eigenvalue weighted by Crippen LogP contribution is -2.06. The van der Waals surface area contributed by atoms with Gasteiger partial charge in [0, 0.05) is 5.38 Å². The molecule has 3 nitrogen and oxygen atoms in total. The van der Waals surface area contributed by atoms with Gasteiger partial charge in [-0.05, 0) is 6.42 Å². The monoisotopic (exact) mass is 219 g/mol. The van der Waals surface area contributed by atoms with Crippen molar-refractivity contribution >= 4 is 28.9 Å². The molecule has 0 fully saturated rings. The molecule has 5 heteroatoms. The first-order valence-corrected chi connectivity index (χ1v) is 5.36. The Kier molecular flexibility index (Phi) is 4.18. The molecule has 1 heterocycles.